The number of carbonyl (C=O) groups is 2. The van der Waals surface area contributed by atoms with Crippen LogP contribution in [0, 0.1) is 0 Å². The SMILES string of the molecule is NC(=O)CCC(=O)Nc1nc(-c2ccc(O)cc2O)cs1. The number of hydrogen-bond donors (Lipinski definition) is 4. The predicted molar refractivity (Wildman–Crippen MR) is 77.9 cm³/mol. The van der Waals surface area contributed by atoms with Crippen molar-refractivity contribution in [1.29, 1.82) is 0 Å². The number of aromatic hydroxyl groups is 2. The molecule has 21 heavy (non-hydrogen) atoms. The molecule has 2 amide bonds. The molecule has 0 saturated carbocycles. The number of nitrogens with zero attached hydrogens (tertiary/aromatic N) is 1. The first-order valence-corrected chi connectivity index (χ1v) is 6.89. The first-order valence-electron chi connectivity index (χ1n) is 6.01. The quantitative estimate of drug-likeness (QED) is 0.664. The molecule has 8 heteroatoms. The van der Waals surface area contributed by atoms with Crippen LogP contribution in [0.4, 0.5) is 5.13 Å². The van der Waals surface area contributed by atoms with Gasteiger partial charge in [0.1, 0.15) is 11.5 Å². The van der Waals surface area contributed by atoms with Crippen LogP contribution in [0.15, 0.2) is 23.6 Å². The van der Waals surface area contributed by atoms with Crippen molar-refractivity contribution in [2.75, 3.05) is 5.32 Å². The van der Waals surface area contributed by atoms with E-state index >= 15 is 0 Å². The molecule has 2 aromatic rings. The van der Waals surface area contributed by atoms with Crippen molar-refractivity contribution in [3.63, 3.8) is 0 Å². The number of anilines is 1. The Bertz CT molecular complexity index is 684. The van der Waals surface area contributed by atoms with E-state index in [1.807, 2.05) is 0 Å². The smallest absolute Gasteiger partial charge is 0.226 e. The standard InChI is InChI=1S/C13H13N3O4S/c14-11(19)3-4-12(20)16-13-15-9(6-21-13)8-2-1-7(17)5-10(8)18/h1-2,5-6,17-18H,3-4H2,(H2,14,19)(H,15,16,20). The number of amides is 2. The van der Waals surface area contributed by atoms with Crippen LogP contribution in [0.2, 0.25) is 0 Å². The molecule has 0 aliphatic carbocycles. The Kier molecular flexibility index (Phi) is 4.39. The third-order valence-electron chi connectivity index (χ3n) is 2.61. The fraction of sp³-hybridized carbons (Fsp3) is 0.154. The minimum absolute atomic E-state index is 0.00525. The third kappa shape index (κ3) is 3.93. The number of aromatic nitrogens is 1. The summed E-state index contributed by atoms with van der Waals surface area (Å²) in [7, 11) is 0. The second kappa shape index (κ2) is 6.23. The Balaban J connectivity index is 2.07. The first kappa shape index (κ1) is 14.8. The predicted octanol–water partition coefficient (Wildman–Crippen LogP) is 1.43. The molecule has 110 valence electrons. The highest BCUT2D eigenvalue weighted by Crippen LogP contribution is 2.33. The average Bonchev–Trinajstić information content (AvgIpc) is 2.84. The monoisotopic (exact) mass is 307 g/mol. The molecule has 0 atom stereocenters. The zero-order chi connectivity index (χ0) is 15.4. The number of nitrogens with one attached hydrogen (secondary N) is 1. The third-order valence-corrected chi connectivity index (χ3v) is 3.36. The minimum atomic E-state index is -0.543. The molecule has 1 heterocycles. The number of rotatable bonds is 5. The molecule has 0 bridgehead atoms. The van der Waals surface area contributed by atoms with Crippen LogP contribution in [-0.2, 0) is 9.59 Å². The van der Waals surface area contributed by atoms with E-state index < -0.39 is 5.91 Å². The Morgan fingerprint density at radius 1 is 1.29 bits per heavy atom. The van der Waals surface area contributed by atoms with Crippen LogP contribution < -0.4 is 11.1 Å². The lowest BCUT2D eigenvalue weighted by Gasteiger charge is -2.02. The van der Waals surface area contributed by atoms with Crippen molar-refractivity contribution in [1.82, 2.24) is 4.98 Å². The van der Waals surface area contributed by atoms with Gasteiger partial charge in [-0.2, -0.15) is 0 Å². The highest BCUT2D eigenvalue weighted by atomic mass is 32.1. The summed E-state index contributed by atoms with van der Waals surface area (Å²) in [5, 5.41) is 23.6. The fourth-order valence-electron chi connectivity index (χ4n) is 1.61. The molecule has 0 aliphatic heterocycles. The maximum atomic E-state index is 11.5. The van der Waals surface area contributed by atoms with Crippen LogP contribution in [0.25, 0.3) is 11.3 Å². The van der Waals surface area contributed by atoms with E-state index in [0.717, 1.165) is 0 Å². The van der Waals surface area contributed by atoms with Gasteiger partial charge in [-0.25, -0.2) is 4.98 Å². The van der Waals surface area contributed by atoms with Crippen molar-refractivity contribution in [3.05, 3.63) is 23.6 Å². The van der Waals surface area contributed by atoms with E-state index in [1.54, 1.807) is 5.38 Å². The highest BCUT2D eigenvalue weighted by molar-refractivity contribution is 7.14. The summed E-state index contributed by atoms with van der Waals surface area (Å²) in [4.78, 5) is 26.3. The second-order valence-corrected chi connectivity index (χ2v) is 5.11. The summed E-state index contributed by atoms with van der Waals surface area (Å²) in [6, 6.07) is 4.16. The molecule has 7 nitrogen and oxygen atoms in total. The minimum Gasteiger partial charge on any atom is -0.508 e. The van der Waals surface area contributed by atoms with Crippen LogP contribution >= 0.6 is 11.3 Å². The van der Waals surface area contributed by atoms with Crippen LogP contribution in [-0.4, -0.2) is 27.0 Å². The first-order chi connectivity index (χ1) is 9.95. The maximum Gasteiger partial charge on any atom is 0.226 e. The van der Waals surface area contributed by atoms with Crippen LogP contribution in [0.1, 0.15) is 12.8 Å². The Hall–Kier alpha value is -2.61. The number of carbonyl (C=O) groups excluding carboxylic acids is 2. The van der Waals surface area contributed by atoms with Gasteiger partial charge in [0.05, 0.1) is 5.69 Å². The van der Waals surface area contributed by atoms with E-state index in [0.29, 0.717) is 16.4 Å². The Morgan fingerprint density at radius 2 is 2.05 bits per heavy atom. The summed E-state index contributed by atoms with van der Waals surface area (Å²) in [5.74, 6) is -1.05. The van der Waals surface area contributed by atoms with E-state index in [-0.39, 0.29) is 30.2 Å². The van der Waals surface area contributed by atoms with Crippen molar-refractivity contribution < 1.29 is 19.8 Å². The molecular weight excluding hydrogens is 294 g/mol. The van der Waals surface area contributed by atoms with Gasteiger partial charge in [-0.1, -0.05) is 0 Å². The van der Waals surface area contributed by atoms with Gasteiger partial charge in [0.15, 0.2) is 5.13 Å². The molecule has 0 fully saturated rings. The molecule has 2 rings (SSSR count). The van der Waals surface area contributed by atoms with Crippen LogP contribution in [0.3, 0.4) is 0 Å². The van der Waals surface area contributed by atoms with Crippen molar-refractivity contribution in [2.45, 2.75) is 12.8 Å². The topological polar surface area (TPSA) is 126 Å². The van der Waals surface area contributed by atoms with Gasteiger partial charge < -0.3 is 21.3 Å². The van der Waals surface area contributed by atoms with Gasteiger partial charge in [0.25, 0.3) is 0 Å². The number of hydrogen-bond acceptors (Lipinski definition) is 6. The summed E-state index contributed by atoms with van der Waals surface area (Å²) in [6.07, 6.45) is -0.0302. The van der Waals surface area contributed by atoms with Gasteiger partial charge in [0, 0.05) is 29.9 Å². The van der Waals surface area contributed by atoms with Gasteiger partial charge in [-0.05, 0) is 12.1 Å². The van der Waals surface area contributed by atoms with Crippen LogP contribution in [0.5, 0.6) is 11.5 Å². The van der Waals surface area contributed by atoms with Crippen molar-refractivity contribution in [3.8, 4) is 22.8 Å². The lowest BCUT2D eigenvalue weighted by atomic mass is 10.1. The normalized spacial score (nSPS) is 10.3. The largest absolute Gasteiger partial charge is 0.508 e. The number of nitrogens with two attached hydrogens (primary N) is 1. The molecule has 0 saturated heterocycles. The van der Waals surface area contributed by atoms with E-state index in [1.165, 1.54) is 29.5 Å². The van der Waals surface area contributed by atoms with Crippen molar-refractivity contribution >= 4 is 28.3 Å². The summed E-state index contributed by atoms with van der Waals surface area (Å²) < 4.78 is 0. The Labute approximate surface area is 124 Å². The molecule has 0 unspecified atom stereocenters. The number of benzene rings is 1. The van der Waals surface area contributed by atoms with E-state index in [9.17, 15) is 19.8 Å². The zero-order valence-corrected chi connectivity index (χ0v) is 11.7. The summed E-state index contributed by atoms with van der Waals surface area (Å²) in [5.41, 5.74) is 5.88. The molecule has 1 aromatic heterocycles. The molecule has 0 aliphatic rings. The summed E-state index contributed by atoms with van der Waals surface area (Å²) >= 11 is 1.19. The number of phenolic OH excluding ortho intramolecular Hbond substituents is 2. The van der Waals surface area contributed by atoms with E-state index in [2.05, 4.69) is 10.3 Å². The molecule has 1 aromatic carbocycles. The lowest BCUT2D eigenvalue weighted by molar-refractivity contribution is -0.122. The van der Waals surface area contributed by atoms with Gasteiger partial charge in [0.2, 0.25) is 11.8 Å². The number of primary amides is 1. The Morgan fingerprint density at radius 3 is 2.71 bits per heavy atom. The molecule has 0 spiro atoms. The van der Waals surface area contributed by atoms with E-state index in [4.69, 9.17) is 5.73 Å². The van der Waals surface area contributed by atoms with Gasteiger partial charge >= 0.3 is 0 Å². The highest BCUT2D eigenvalue weighted by Gasteiger charge is 2.11. The van der Waals surface area contributed by atoms with Crippen molar-refractivity contribution in [2.24, 2.45) is 5.73 Å². The molecule has 0 radical (unpaired) electrons. The summed E-state index contributed by atoms with van der Waals surface area (Å²) in [6.45, 7) is 0. The number of thiazole rings is 1. The lowest BCUT2D eigenvalue weighted by Crippen LogP contribution is -2.17. The zero-order valence-electron chi connectivity index (χ0n) is 10.9. The fourth-order valence-corrected chi connectivity index (χ4v) is 2.34. The number of phenols is 2. The maximum absolute atomic E-state index is 11.5. The van der Waals surface area contributed by atoms with Gasteiger partial charge in [-0.15, -0.1) is 11.3 Å². The molecule has 5 N–H and O–H groups in total. The average molecular weight is 307 g/mol. The van der Waals surface area contributed by atoms with Gasteiger partial charge in [-0.3, -0.25) is 9.59 Å². The molecular formula is C13H13N3O4S. The second-order valence-electron chi connectivity index (χ2n) is 4.25.